The minimum atomic E-state index is -3.40. The third-order valence-electron chi connectivity index (χ3n) is 7.05. The van der Waals surface area contributed by atoms with Gasteiger partial charge in [0.05, 0.1) is 20.8 Å². The summed E-state index contributed by atoms with van der Waals surface area (Å²) in [5, 5.41) is 25.1. The molecule has 4 aromatic rings. The maximum atomic E-state index is 12.7. The van der Waals surface area contributed by atoms with Crippen LogP contribution in [0, 0.1) is 5.21 Å². The zero-order valence-electron chi connectivity index (χ0n) is 22.5. The number of sulfone groups is 1. The van der Waals surface area contributed by atoms with Crippen LogP contribution in [0.25, 0.3) is 38.0 Å². The van der Waals surface area contributed by atoms with E-state index in [1.165, 1.54) is 23.8 Å². The lowest BCUT2D eigenvalue weighted by Crippen LogP contribution is -2.28. The van der Waals surface area contributed by atoms with Crippen LogP contribution in [0.15, 0.2) is 73.1 Å². The smallest absolute Gasteiger partial charge is 0.156 e. The molecule has 0 unspecified atom stereocenters. The highest BCUT2D eigenvalue weighted by atomic mass is 32.2. The van der Waals surface area contributed by atoms with Gasteiger partial charge in [0.2, 0.25) is 0 Å². The van der Waals surface area contributed by atoms with Crippen molar-refractivity contribution in [2.75, 3.05) is 12.8 Å². The summed E-state index contributed by atoms with van der Waals surface area (Å²) in [6.07, 6.45) is 8.16. The number of hydrogen-bond acceptors (Lipinski definition) is 8. The molecule has 0 aliphatic carbocycles. The minimum Gasteiger partial charge on any atom is -0.758 e. The second-order valence-electron chi connectivity index (χ2n) is 10.8. The van der Waals surface area contributed by atoms with Crippen LogP contribution in [0.3, 0.4) is 0 Å². The van der Waals surface area contributed by atoms with Crippen molar-refractivity contribution in [1.82, 2.24) is 15.0 Å². The molecule has 0 radical (unpaired) electrons. The highest BCUT2D eigenvalue weighted by Gasteiger charge is 2.33. The predicted molar refractivity (Wildman–Crippen MR) is 159 cm³/mol. The van der Waals surface area contributed by atoms with Gasteiger partial charge in [0.15, 0.2) is 9.84 Å². The Morgan fingerprint density at radius 2 is 1.79 bits per heavy atom. The summed E-state index contributed by atoms with van der Waals surface area (Å²) in [6.45, 7) is 7.08. The van der Waals surface area contributed by atoms with Gasteiger partial charge in [0.1, 0.15) is 10.6 Å². The van der Waals surface area contributed by atoms with Crippen molar-refractivity contribution in [2.24, 2.45) is 0 Å². The highest BCUT2D eigenvalue weighted by Crippen LogP contribution is 2.42. The molecular weight excluding hydrogens is 530 g/mol. The Kier molecular flexibility index (Phi) is 6.75. The summed E-state index contributed by atoms with van der Waals surface area (Å²) >= 11 is 1.38. The van der Waals surface area contributed by atoms with E-state index < -0.39 is 20.2 Å². The Labute approximate surface area is 232 Å². The van der Waals surface area contributed by atoms with Gasteiger partial charge in [-0.1, -0.05) is 36.4 Å². The molecule has 39 heavy (non-hydrogen) atoms. The van der Waals surface area contributed by atoms with Crippen molar-refractivity contribution >= 4 is 37.7 Å². The second kappa shape index (κ2) is 9.67. The van der Waals surface area contributed by atoms with E-state index in [0.29, 0.717) is 21.8 Å². The number of allylic oxidation sites excluding steroid dienone is 2. The normalized spacial score (nSPS) is 14.6. The van der Waals surface area contributed by atoms with Crippen molar-refractivity contribution in [3.63, 3.8) is 0 Å². The molecule has 7 nitrogen and oxygen atoms in total. The number of hydrogen-bond donors (Lipinski definition) is 1. The number of rotatable bonds is 6. The van der Waals surface area contributed by atoms with Crippen molar-refractivity contribution in [3.8, 4) is 21.6 Å². The zero-order chi connectivity index (χ0) is 28.2. The molecule has 0 saturated carbocycles. The molecule has 0 spiro atoms. The molecule has 0 saturated heterocycles. The standard InChI is InChI=1S/C30H30N3O4S2/c1-29(2,34)28-32-26(22-12-8-14-33(35)18-22)27(38-28)21-10-6-9-19(15-21)24-17-23(30(3,4)39(5,36)37)16-20-11-7-13-31-25(20)24/h6-13,15-18,34H,14H2,1-5H3/q-1. The van der Waals surface area contributed by atoms with E-state index in [-0.39, 0.29) is 6.54 Å². The topological polar surface area (TPSA) is 106 Å². The molecule has 202 valence electrons. The summed E-state index contributed by atoms with van der Waals surface area (Å²) in [6, 6.07) is 15.5. The quantitative estimate of drug-likeness (QED) is 0.297. The van der Waals surface area contributed by atoms with Crippen molar-refractivity contribution in [3.05, 3.63) is 94.6 Å². The molecule has 1 aliphatic heterocycles. The molecule has 1 N–H and O–H groups in total. The van der Waals surface area contributed by atoms with Gasteiger partial charge >= 0.3 is 0 Å². The van der Waals surface area contributed by atoms with Gasteiger partial charge in [0, 0.05) is 35.5 Å². The largest absolute Gasteiger partial charge is 0.758 e. The summed E-state index contributed by atoms with van der Waals surface area (Å²) < 4.78 is 24.3. The molecule has 1 aliphatic rings. The Hall–Kier alpha value is -3.37. The summed E-state index contributed by atoms with van der Waals surface area (Å²) in [5.41, 5.74) is 4.14. The number of aromatic nitrogens is 2. The first-order valence-electron chi connectivity index (χ1n) is 12.5. The minimum absolute atomic E-state index is 0.275. The molecule has 2 aromatic heterocycles. The van der Waals surface area contributed by atoms with Crippen LogP contribution in [0.1, 0.15) is 44.0 Å². The third kappa shape index (κ3) is 5.15. The number of thiazole rings is 1. The zero-order valence-corrected chi connectivity index (χ0v) is 24.1. The van der Waals surface area contributed by atoms with E-state index in [2.05, 4.69) is 4.98 Å². The first-order valence-corrected chi connectivity index (χ1v) is 15.2. The van der Waals surface area contributed by atoms with Gasteiger partial charge in [-0.3, -0.25) is 4.98 Å². The van der Waals surface area contributed by atoms with E-state index in [1.54, 1.807) is 40.0 Å². The molecule has 0 amide bonds. The van der Waals surface area contributed by atoms with Gasteiger partial charge in [0.25, 0.3) is 0 Å². The Bertz CT molecular complexity index is 1750. The molecule has 0 atom stereocenters. The maximum Gasteiger partial charge on any atom is 0.156 e. The van der Waals surface area contributed by atoms with Gasteiger partial charge in [-0.25, -0.2) is 13.4 Å². The van der Waals surface area contributed by atoms with Crippen molar-refractivity contribution < 1.29 is 13.5 Å². The summed E-state index contributed by atoms with van der Waals surface area (Å²) in [7, 11) is -3.40. The third-order valence-corrected chi connectivity index (χ3v) is 10.6. The van der Waals surface area contributed by atoms with Crippen LogP contribution >= 0.6 is 11.3 Å². The molecular formula is C30H30N3O4S2-. The first-order chi connectivity index (χ1) is 18.3. The van der Waals surface area contributed by atoms with Crippen LogP contribution in [0.2, 0.25) is 0 Å². The second-order valence-corrected chi connectivity index (χ2v) is 14.4. The van der Waals surface area contributed by atoms with E-state index in [9.17, 15) is 18.7 Å². The Morgan fingerprint density at radius 3 is 2.49 bits per heavy atom. The lowest BCUT2D eigenvalue weighted by molar-refractivity contribution is 0.0782. The Balaban J connectivity index is 1.72. The molecule has 0 bridgehead atoms. The average Bonchev–Trinajstić information content (AvgIpc) is 3.34. The molecule has 0 fully saturated rings. The van der Waals surface area contributed by atoms with Gasteiger partial charge < -0.3 is 15.4 Å². The van der Waals surface area contributed by atoms with Crippen LogP contribution in [-0.4, -0.2) is 41.4 Å². The van der Waals surface area contributed by atoms with E-state index in [0.717, 1.165) is 37.5 Å². The fourth-order valence-electron chi connectivity index (χ4n) is 4.45. The van der Waals surface area contributed by atoms with Crippen molar-refractivity contribution in [1.29, 1.82) is 0 Å². The number of hydroxylamine groups is 2. The average molecular weight is 561 g/mol. The van der Waals surface area contributed by atoms with E-state index in [4.69, 9.17) is 4.98 Å². The van der Waals surface area contributed by atoms with Gasteiger partial charge in [-0.05, 0) is 74.9 Å². The highest BCUT2D eigenvalue weighted by molar-refractivity contribution is 7.91. The SMILES string of the molecule is CC(C)(O)c1nc(C2=CN([O-])CC=C2)c(-c2cccc(-c3cc(C(C)(C)S(C)(=O)=O)cc4cccnc34)c2)s1. The number of benzene rings is 2. The molecule has 2 aromatic carbocycles. The maximum absolute atomic E-state index is 12.7. The molecule has 3 heterocycles. The van der Waals surface area contributed by atoms with Crippen molar-refractivity contribution in [2.45, 2.75) is 38.0 Å². The van der Waals surface area contributed by atoms with Crippen LogP contribution in [-0.2, 0) is 20.2 Å². The number of aliphatic hydroxyl groups is 1. The summed E-state index contributed by atoms with van der Waals surface area (Å²) in [5.74, 6) is 0. The number of fused-ring (bicyclic) bond motifs is 1. The predicted octanol–water partition coefficient (Wildman–Crippen LogP) is 6.24. The lowest BCUT2D eigenvalue weighted by atomic mass is 9.92. The Morgan fingerprint density at radius 1 is 1.05 bits per heavy atom. The fraction of sp³-hybridized carbons (Fsp3) is 0.267. The first kappa shape index (κ1) is 27.2. The lowest BCUT2D eigenvalue weighted by Gasteiger charge is -2.28. The van der Waals surface area contributed by atoms with E-state index >= 15 is 0 Å². The fourth-order valence-corrected chi connectivity index (χ4v) is 6.08. The monoisotopic (exact) mass is 560 g/mol. The van der Waals surface area contributed by atoms with Crippen LogP contribution in [0.5, 0.6) is 0 Å². The van der Waals surface area contributed by atoms with Crippen LogP contribution in [0.4, 0.5) is 0 Å². The van der Waals surface area contributed by atoms with E-state index in [1.807, 2.05) is 54.6 Å². The molecule has 5 rings (SSSR count). The number of pyridine rings is 1. The van der Waals surface area contributed by atoms with Gasteiger partial charge in [-0.2, -0.15) is 0 Å². The van der Waals surface area contributed by atoms with Crippen LogP contribution < -0.4 is 0 Å². The molecule has 9 heteroatoms. The van der Waals surface area contributed by atoms with Gasteiger partial charge in [-0.15, -0.1) is 11.3 Å². The summed E-state index contributed by atoms with van der Waals surface area (Å²) in [4.78, 5) is 10.2. The number of nitrogens with zero attached hydrogens (tertiary/aromatic N) is 3.